The number of rotatable bonds is 1. The van der Waals surface area contributed by atoms with Crippen molar-refractivity contribution in [3.63, 3.8) is 0 Å². The third-order valence-electron chi connectivity index (χ3n) is 2.28. The van der Waals surface area contributed by atoms with E-state index in [2.05, 4.69) is 39.0 Å². The summed E-state index contributed by atoms with van der Waals surface area (Å²) in [5.41, 5.74) is 1.69. The zero-order valence-corrected chi connectivity index (χ0v) is 8.92. The molecule has 1 rings (SSSR count). The number of methoxy groups -OCH3 is 1. The van der Waals surface area contributed by atoms with Crippen LogP contribution in [-0.2, 0) is 4.74 Å². The number of allylic oxidation sites excluding steroid dienone is 5. The molecule has 0 amide bonds. The van der Waals surface area contributed by atoms with Gasteiger partial charge in [-0.3, -0.25) is 0 Å². The van der Waals surface area contributed by atoms with E-state index in [1.807, 2.05) is 6.08 Å². The van der Waals surface area contributed by atoms with Crippen molar-refractivity contribution in [3.8, 4) is 0 Å². The molecule has 0 bridgehead atoms. The van der Waals surface area contributed by atoms with Crippen LogP contribution in [-0.4, -0.2) is 7.11 Å². The molecule has 0 saturated heterocycles. The Morgan fingerprint density at radius 3 is 2.54 bits per heavy atom. The van der Waals surface area contributed by atoms with Crippen LogP contribution in [0.2, 0.25) is 0 Å². The fraction of sp³-hybridized carbons (Fsp3) is 0.500. The molecule has 0 heterocycles. The van der Waals surface area contributed by atoms with E-state index in [1.54, 1.807) is 7.11 Å². The molecule has 0 spiro atoms. The van der Waals surface area contributed by atoms with Gasteiger partial charge in [-0.1, -0.05) is 38.5 Å². The third kappa shape index (κ3) is 2.76. The van der Waals surface area contributed by atoms with Crippen molar-refractivity contribution in [3.05, 3.63) is 35.6 Å². The highest BCUT2D eigenvalue weighted by atomic mass is 16.5. The molecule has 0 radical (unpaired) electrons. The topological polar surface area (TPSA) is 9.23 Å². The number of hydrogen-bond acceptors (Lipinski definition) is 1. The molecule has 1 aliphatic rings. The maximum Gasteiger partial charge on any atom is 0.115 e. The molecule has 0 aromatic heterocycles. The van der Waals surface area contributed by atoms with Gasteiger partial charge in [-0.15, -0.1) is 0 Å². The van der Waals surface area contributed by atoms with Crippen molar-refractivity contribution in [2.75, 3.05) is 7.11 Å². The summed E-state index contributed by atoms with van der Waals surface area (Å²) in [6, 6.07) is 0. The van der Waals surface area contributed by atoms with Crippen LogP contribution < -0.4 is 0 Å². The summed E-state index contributed by atoms with van der Waals surface area (Å²) in [4.78, 5) is 0. The van der Waals surface area contributed by atoms with Gasteiger partial charge in [-0.25, -0.2) is 0 Å². The van der Waals surface area contributed by atoms with Gasteiger partial charge in [0.05, 0.1) is 7.11 Å². The highest BCUT2D eigenvalue weighted by Gasteiger charge is 2.16. The lowest BCUT2D eigenvalue weighted by Crippen LogP contribution is -2.08. The largest absolute Gasteiger partial charge is 0.497 e. The van der Waals surface area contributed by atoms with Crippen LogP contribution in [0.4, 0.5) is 0 Å². The Labute approximate surface area is 80.8 Å². The van der Waals surface area contributed by atoms with Crippen molar-refractivity contribution in [1.82, 2.24) is 0 Å². The first-order chi connectivity index (χ1) is 6.04. The quantitative estimate of drug-likeness (QED) is 0.597. The SMILES string of the molecule is COC1=CCC(C(C)(C)C)=CC=C1. The first-order valence-electron chi connectivity index (χ1n) is 4.66. The first-order valence-corrected chi connectivity index (χ1v) is 4.66. The second-order valence-corrected chi connectivity index (χ2v) is 4.32. The smallest absolute Gasteiger partial charge is 0.115 e. The molecule has 1 nitrogen and oxygen atoms in total. The van der Waals surface area contributed by atoms with Crippen molar-refractivity contribution in [1.29, 1.82) is 0 Å². The van der Waals surface area contributed by atoms with Gasteiger partial charge in [0, 0.05) is 0 Å². The first kappa shape index (κ1) is 10.1. The van der Waals surface area contributed by atoms with Crippen molar-refractivity contribution >= 4 is 0 Å². The van der Waals surface area contributed by atoms with Gasteiger partial charge in [-0.2, -0.15) is 0 Å². The standard InChI is InChI=1S/C12H18O/c1-12(2,3)10-6-5-7-11(13-4)9-8-10/h5-7,9H,8H2,1-4H3. The van der Waals surface area contributed by atoms with Gasteiger partial charge in [-0.05, 0) is 24.0 Å². The lowest BCUT2D eigenvalue weighted by molar-refractivity contribution is 0.305. The van der Waals surface area contributed by atoms with Crippen LogP contribution in [0.1, 0.15) is 27.2 Å². The summed E-state index contributed by atoms with van der Waals surface area (Å²) in [6.07, 6.45) is 9.35. The fourth-order valence-corrected chi connectivity index (χ4v) is 1.31. The molecule has 0 fully saturated rings. The van der Waals surface area contributed by atoms with E-state index < -0.39 is 0 Å². The second-order valence-electron chi connectivity index (χ2n) is 4.32. The van der Waals surface area contributed by atoms with Gasteiger partial charge in [0.25, 0.3) is 0 Å². The molecule has 13 heavy (non-hydrogen) atoms. The summed E-state index contributed by atoms with van der Waals surface area (Å²) in [7, 11) is 1.71. The minimum Gasteiger partial charge on any atom is -0.497 e. The number of ether oxygens (including phenoxy) is 1. The van der Waals surface area contributed by atoms with Crippen molar-refractivity contribution in [2.45, 2.75) is 27.2 Å². The summed E-state index contributed by atoms with van der Waals surface area (Å²) in [5.74, 6) is 0.954. The van der Waals surface area contributed by atoms with Crippen LogP contribution in [0.3, 0.4) is 0 Å². The molecule has 72 valence electrons. The molecule has 0 aliphatic heterocycles. The van der Waals surface area contributed by atoms with Gasteiger partial charge >= 0.3 is 0 Å². The Kier molecular flexibility index (Phi) is 2.97. The average Bonchev–Trinajstić information content (AvgIpc) is 2.26. The van der Waals surface area contributed by atoms with Gasteiger partial charge in [0.1, 0.15) is 5.76 Å². The third-order valence-corrected chi connectivity index (χ3v) is 2.28. The van der Waals surface area contributed by atoms with Crippen LogP contribution in [0.15, 0.2) is 35.6 Å². The minimum atomic E-state index is 0.254. The van der Waals surface area contributed by atoms with E-state index in [-0.39, 0.29) is 5.41 Å². The Balaban J connectivity index is 2.80. The summed E-state index contributed by atoms with van der Waals surface area (Å²) < 4.78 is 5.17. The van der Waals surface area contributed by atoms with Gasteiger partial charge in [0.2, 0.25) is 0 Å². The normalized spacial score (nSPS) is 17.5. The summed E-state index contributed by atoms with van der Waals surface area (Å²) in [6.45, 7) is 6.70. The minimum absolute atomic E-state index is 0.254. The van der Waals surface area contributed by atoms with Crippen molar-refractivity contribution in [2.24, 2.45) is 5.41 Å². The van der Waals surface area contributed by atoms with E-state index in [1.165, 1.54) is 5.57 Å². The van der Waals surface area contributed by atoms with Crippen LogP contribution in [0.25, 0.3) is 0 Å². The second kappa shape index (κ2) is 3.82. The van der Waals surface area contributed by atoms with Crippen molar-refractivity contribution < 1.29 is 4.74 Å². The molecule has 0 unspecified atom stereocenters. The molecular weight excluding hydrogens is 160 g/mol. The maximum absolute atomic E-state index is 5.17. The zero-order valence-electron chi connectivity index (χ0n) is 8.92. The van der Waals surface area contributed by atoms with Crippen LogP contribution in [0.5, 0.6) is 0 Å². The monoisotopic (exact) mass is 178 g/mol. The predicted octanol–water partition coefficient (Wildman–Crippen LogP) is 3.45. The van der Waals surface area contributed by atoms with E-state index in [0.29, 0.717) is 0 Å². The number of hydrogen-bond donors (Lipinski definition) is 0. The highest BCUT2D eigenvalue weighted by molar-refractivity contribution is 5.29. The fourth-order valence-electron chi connectivity index (χ4n) is 1.31. The van der Waals surface area contributed by atoms with Gasteiger partial charge < -0.3 is 4.74 Å². The Morgan fingerprint density at radius 1 is 1.31 bits per heavy atom. The predicted molar refractivity (Wildman–Crippen MR) is 56.4 cm³/mol. The van der Waals surface area contributed by atoms with E-state index >= 15 is 0 Å². The Morgan fingerprint density at radius 2 is 2.00 bits per heavy atom. The highest BCUT2D eigenvalue weighted by Crippen LogP contribution is 2.29. The summed E-state index contributed by atoms with van der Waals surface area (Å²) in [5, 5.41) is 0. The molecule has 1 heteroatoms. The molecule has 0 saturated carbocycles. The lowest BCUT2D eigenvalue weighted by atomic mass is 9.84. The molecule has 0 aromatic rings. The Bertz CT molecular complexity index is 261. The van der Waals surface area contributed by atoms with E-state index in [9.17, 15) is 0 Å². The molecule has 0 N–H and O–H groups in total. The summed E-state index contributed by atoms with van der Waals surface area (Å²) >= 11 is 0. The van der Waals surface area contributed by atoms with Gasteiger partial charge in [0.15, 0.2) is 0 Å². The molecule has 1 aliphatic carbocycles. The molecule has 0 atom stereocenters. The van der Waals surface area contributed by atoms with Crippen LogP contribution in [0, 0.1) is 5.41 Å². The lowest BCUT2D eigenvalue weighted by Gasteiger charge is -2.21. The Hall–Kier alpha value is -0.980. The van der Waals surface area contributed by atoms with Crippen LogP contribution >= 0.6 is 0 Å². The van der Waals surface area contributed by atoms with E-state index in [0.717, 1.165) is 12.2 Å². The molecule has 0 aromatic carbocycles. The molecular formula is C12H18O. The maximum atomic E-state index is 5.17. The van der Waals surface area contributed by atoms with E-state index in [4.69, 9.17) is 4.74 Å². The zero-order chi connectivity index (χ0) is 9.90. The average molecular weight is 178 g/mol.